The zero-order chi connectivity index (χ0) is 24.4. The molecule has 3 N–H and O–H groups in total. The monoisotopic (exact) mass is 470 g/mol. The molecule has 0 aliphatic heterocycles. The fraction of sp³-hybridized carbons (Fsp3) is 0.964. The lowest BCUT2D eigenvalue weighted by molar-refractivity contribution is -0.145. The Morgan fingerprint density at radius 1 is 0.788 bits per heavy atom. The molecule has 2 atom stereocenters. The first-order valence-electron chi connectivity index (χ1n) is 14.4. The SMILES string of the molecule is CCCCCCCCC(CCCCCC)COC(=O)CCCCCNCC(CCO)NCC. The number of likely N-dealkylation sites (N-methyl/N-ethyl adjacent to an activating group) is 1. The van der Waals surface area contributed by atoms with Gasteiger partial charge in [0.2, 0.25) is 0 Å². The fourth-order valence-corrected chi connectivity index (χ4v) is 4.36. The quantitative estimate of drug-likeness (QED) is 0.101. The number of unbranched alkanes of at least 4 members (excludes halogenated alkanes) is 10. The molecule has 198 valence electrons. The molecule has 0 aliphatic rings. The van der Waals surface area contributed by atoms with Crippen molar-refractivity contribution in [2.45, 2.75) is 136 Å². The van der Waals surface area contributed by atoms with E-state index < -0.39 is 0 Å². The Morgan fingerprint density at radius 3 is 2.03 bits per heavy atom. The van der Waals surface area contributed by atoms with Crippen molar-refractivity contribution in [2.24, 2.45) is 5.92 Å². The molecule has 2 unspecified atom stereocenters. The minimum atomic E-state index is -0.0142. The molecule has 0 rings (SSSR count). The molecule has 5 nitrogen and oxygen atoms in total. The molecule has 0 aromatic heterocycles. The lowest BCUT2D eigenvalue weighted by atomic mass is 9.95. The van der Waals surface area contributed by atoms with Gasteiger partial charge >= 0.3 is 5.97 Å². The largest absolute Gasteiger partial charge is 0.465 e. The number of carbonyl (C=O) groups excluding carboxylic acids is 1. The Balaban J connectivity index is 3.91. The van der Waals surface area contributed by atoms with Crippen molar-refractivity contribution in [3.05, 3.63) is 0 Å². The first-order chi connectivity index (χ1) is 16.2. The molecule has 0 heterocycles. The van der Waals surface area contributed by atoms with Gasteiger partial charge in [0.05, 0.1) is 6.61 Å². The third-order valence-corrected chi connectivity index (χ3v) is 6.51. The van der Waals surface area contributed by atoms with Gasteiger partial charge in [0.15, 0.2) is 0 Å². The number of nitrogens with one attached hydrogen (secondary N) is 2. The van der Waals surface area contributed by atoms with Crippen molar-refractivity contribution in [3.8, 4) is 0 Å². The molecule has 0 aliphatic carbocycles. The second-order valence-corrected chi connectivity index (χ2v) is 9.74. The number of rotatable bonds is 26. The van der Waals surface area contributed by atoms with E-state index in [-0.39, 0.29) is 12.6 Å². The lowest BCUT2D eigenvalue weighted by Crippen LogP contribution is -2.39. The number of carbonyl (C=O) groups is 1. The van der Waals surface area contributed by atoms with E-state index in [0.29, 0.717) is 25.0 Å². The summed E-state index contributed by atoms with van der Waals surface area (Å²) in [6.07, 6.45) is 19.9. The smallest absolute Gasteiger partial charge is 0.305 e. The molecule has 0 spiro atoms. The zero-order valence-electron chi connectivity index (χ0n) is 22.5. The average molecular weight is 471 g/mol. The van der Waals surface area contributed by atoms with E-state index in [1.165, 1.54) is 77.0 Å². The van der Waals surface area contributed by atoms with Gasteiger partial charge in [-0.1, -0.05) is 91.4 Å². The summed E-state index contributed by atoms with van der Waals surface area (Å²) in [6.45, 7) is 10.2. The summed E-state index contributed by atoms with van der Waals surface area (Å²) in [6, 6.07) is 0.334. The van der Waals surface area contributed by atoms with E-state index in [9.17, 15) is 4.79 Å². The number of ether oxygens (including phenoxy) is 1. The standard InChI is InChI=1S/C28H58N2O3/c1-4-7-9-11-12-15-19-26(18-14-10-8-5-2)25-33-28(32)20-16-13-17-22-29-24-27(21-23-31)30-6-3/h26-27,29-31H,4-25H2,1-3H3. The molecule has 0 aromatic carbocycles. The second kappa shape index (κ2) is 26.0. The number of aliphatic hydroxyl groups is 1. The van der Waals surface area contributed by atoms with Crippen LogP contribution in [0.3, 0.4) is 0 Å². The van der Waals surface area contributed by atoms with Crippen molar-refractivity contribution in [1.29, 1.82) is 0 Å². The van der Waals surface area contributed by atoms with Gasteiger partial charge in [-0.15, -0.1) is 0 Å². The molecule has 5 heteroatoms. The molecule has 0 saturated heterocycles. The Labute approximate surface area is 206 Å². The van der Waals surface area contributed by atoms with Gasteiger partial charge in [0, 0.05) is 25.6 Å². The average Bonchev–Trinajstić information content (AvgIpc) is 2.81. The molecule has 0 fully saturated rings. The first kappa shape index (κ1) is 32.4. The molecular formula is C28H58N2O3. The van der Waals surface area contributed by atoms with Crippen LogP contribution in [0, 0.1) is 5.92 Å². The Hall–Kier alpha value is -0.650. The van der Waals surface area contributed by atoms with E-state index in [1.807, 2.05) is 0 Å². The highest BCUT2D eigenvalue weighted by molar-refractivity contribution is 5.69. The van der Waals surface area contributed by atoms with Crippen LogP contribution in [0.25, 0.3) is 0 Å². The zero-order valence-corrected chi connectivity index (χ0v) is 22.5. The number of aliphatic hydroxyl groups excluding tert-OH is 1. The minimum Gasteiger partial charge on any atom is -0.465 e. The van der Waals surface area contributed by atoms with Gasteiger partial charge in [-0.05, 0) is 51.1 Å². The minimum absolute atomic E-state index is 0.0142. The third-order valence-electron chi connectivity index (χ3n) is 6.51. The highest BCUT2D eigenvalue weighted by Crippen LogP contribution is 2.19. The Kier molecular flexibility index (Phi) is 25.5. The summed E-state index contributed by atoms with van der Waals surface area (Å²) in [7, 11) is 0. The number of hydrogen-bond donors (Lipinski definition) is 3. The van der Waals surface area contributed by atoms with Crippen molar-refractivity contribution in [3.63, 3.8) is 0 Å². The van der Waals surface area contributed by atoms with Crippen LogP contribution < -0.4 is 10.6 Å². The van der Waals surface area contributed by atoms with E-state index in [0.717, 1.165) is 45.3 Å². The Bertz CT molecular complexity index is 401. The van der Waals surface area contributed by atoms with E-state index >= 15 is 0 Å². The summed E-state index contributed by atoms with van der Waals surface area (Å²) in [5.74, 6) is 0.532. The van der Waals surface area contributed by atoms with E-state index in [1.54, 1.807) is 0 Å². The van der Waals surface area contributed by atoms with Crippen LogP contribution in [-0.4, -0.2) is 50.0 Å². The molecule has 0 aromatic rings. The molecule has 0 bridgehead atoms. The predicted octanol–water partition coefficient (Wildman–Crippen LogP) is 6.38. The lowest BCUT2D eigenvalue weighted by Gasteiger charge is -2.17. The van der Waals surface area contributed by atoms with E-state index in [2.05, 4.69) is 31.4 Å². The Morgan fingerprint density at radius 2 is 1.39 bits per heavy atom. The van der Waals surface area contributed by atoms with Crippen molar-refractivity contribution < 1.29 is 14.6 Å². The fourth-order valence-electron chi connectivity index (χ4n) is 4.36. The molecular weight excluding hydrogens is 412 g/mol. The van der Waals surface area contributed by atoms with Crippen LogP contribution >= 0.6 is 0 Å². The summed E-state index contributed by atoms with van der Waals surface area (Å²) in [5.41, 5.74) is 0. The third kappa shape index (κ3) is 22.9. The van der Waals surface area contributed by atoms with Crippen molar-refractivity contribution >= 4 is 5.97 Å². The van der Waals surface area contributed by atoms with Gasteiger partial charge in [0.25, 0.3) is 0 Å². The highest BCUT2D eigenvalue weighted by atomic mass is 16.5. The van der Waals surface area contributed by atoms with Crippen molar-refractivity contribution in [1.82, 2.24) is 10.6 Å². The number of esters is 1. The second-order valence-electron chi connectivity index (χ2n) is 9.74. The van der Waals surface area contributed by atoms with Crippen LogP contribution in [0.15, 0.2) is 0 Å². The highest BCUT2D eigenvalue weighted by Gasteiger charge is 2.12. The molecule has 0 saturated carbocycles. The van der Waals surface area contributed by atoms with Crippen LogP contribution in [0.2, 0.25) is 0 Å². The van der Waals surface area contributed by atoms with Crippen LogP contribution in [0.5, 0.6) is 0 Å². The van der Waals surface area contributed by atoms with Gasteiger partial charge in [0.1, 0.15) is 0 Å². The summed E-state index contributed by atoms with van der Waals surface area (Å²) in [4.78, 5) is 12.2. The van der Waals surface area contributed by atoms with Crippen LogP contribution in [-0.2, 0) is 9.53 Å². The maximum atomic E-state index is 12.2. The first-order valence-corrected chi connectivity index (χ1v) is 14.4. The number of hydrogen-bond acceptors (Lipinski definition) is 5. The normalized spacial score (nSPS) is 13.2. The maximum Gasteiger partial charge on any atom is 0.305 e. The summed E-state index contributed by atoms with van der Waals surface area (Å²) in [5, 5.41) is 15.9. The maximum absolute atomic E-state index is 12.2. The van der Waals surface area contributed by atoms with Gasteiger partial charge in [-0.25, -0.2) is 0 Å². The molecule has 33 heavy (non-hydrogen) atoms. The summed E-state index contributed by atoms with van der Waals surface area (Å²) >= 11 is 0. The van der Waals surface area contributed by atoms with E-state index in [4.69, 9.17) is 9.84 Å². The molecule has 0 radical (unpaired) electrons. The van der Waals surface area contributed by atoms with Crippen LogP contribution in [0.4, 0.5) is 0 Å². The molecule has 0 amide bonds. The van der Waals surface area contributed by atoms with Gasteiger partial charge in [-0.2, -0.15) is 0 Å². The van der Waals surface area contributed by atoms with Crippen LogP contribution in [0.1, 0.15) is 130 Å². The van der Waals surface area contributed by atoms with Gasteiger partial charge < -0.3 is 20.5 Å². The predicted molar refractivity (Wildman–Crippen MR) is 142 cm³/mol. The van der Waals surface area contributed by atoms with Gasteiger partial charge in [-0.3, -0.25) is 4.79 Å². The van der Waals surface area contributed by atoms with Crippen molar-refractivity contribution in [2.75, 3.05) is 32.8 Å². The summed E-state index contributed by atoms with van der Waals surface area (Å²) < 4.78 is 5.68. The topological polar surface area (TPSA) is 70.6 Å².